The van der Waals surface area contributed by atoms with Gasteiger partial charge in [-0.15, -0.1) is 0 Å². The van der Waals surface area contributed by atoms with Crippen LogP contribution in [-0.2, 0) is 22.7 Å². The molecule has 0 aliphatic heterocycles. The van der Waals surface area contributed by atoms with Gasteiger partial charge in [0, 0.05) is 25.7 Å². The third kappa shape index (κ3) is 6.72. The highest BCUT2D eigenvalue weighted by atomic mass is 35.5. The van der Waals surface area contributed by atoms with E-state index in [2.05, 4.69) is 15.5 Å². The fraction of sp³-hybridized carbons (Fsp3) is 0.167. The summed E-state index contributed by atoms with van der Waals surface area (Å²) in [5, 5.41) is 5.90. The summed E-state index contributed by atoms with van der Waals surface area (Å²) in [6, 6.07) is 25.1. The lowest BCUT2D eigenvalue weighted by molar-refractivity contribution is -0.117. The number of carbonyl (C=O) groups excluding carboxylic acids is 2. The minimum Gasteiger partial charge on any atom is -0.326 e. The van der Waals surface area contributed by atoms with Gasteiger partial charge in [-0.3, -0.25) is 14.5 Å². The van der Waals surface area contributed by atoms with Crippen molar-refractivity contribution in [2.45, 2.75) is 20.0 Å². The highest BCUT2D eigenvalue weighted by Gasteiger charge is 2.14. The Balaban J connectivity index is 1.68. The molecular weight excluding hydrogens is 398 g/mol. The Hall–Kier alpha value is -3.15. The predicted molar refractivity (Wildman–Crippen MR) is 121 cm³/mol. The van der Waals surface area contributed by atoms with Crippen molar-refractivity contribution < 1.29 is 9.59 Å². The second kappa shape index (κ2) is 10.6. The molecule has 3 aromatic carbocycles. The topological polar surface area (TPSA) is 61.4 Å². The van der Waals surface area contributed by atoms with Crippen molar-refractivity contribution in [3.8, 4) is 0 Å². The van der Waals surface area contributed by atoms with Gasteiger partial charge in [-0.2, -0.15) is 0 Å². The molecule has 3 rings (SSSR count). The van der Waals surface area contributed by atoms with Crippen LogP contribution in [0.5, 0.6) is 0 Å². The third-order valence-corrected chi connectivity index (χ3v) is 4.74. The first-order chi connectivity index (χ1) is 14.5. The Labute approximate surface area is 181 Å². The normalized spacial score (nSPS) is 10.6. The molecule has 2 amide bonds. The molecule has 0 saturated heterocycles. The van der Waals surface area contributed by atoms with Crippen LogP contribution in [0.25, 0.3) is 0 Å². The Morgan fingerprint density at radius 2 is 1.40 bits per heavy atom. The minimum absolute atomic E-state index is 0.156. The van der Waals surface area contributed by atoms with Gasteiger partial charge in [0.2, 0.25) is 11.8 Å². The molecule has 0 saturated carbocycles. The van der Waals surface area contributed by atoms with Crippen molar-refractivity contribution in [3.05, 3.63) is 95.0 Å². The SMILES string of the molecule is CC(=O)Nc1ccc(NC(=O)CN(Cc2ccccc2)Cc2ccccc2)c(Cl)c1. The molecule has 5 nitrogen and oxygen atoms in total. The van der Waals surface area contributed by atoms with Crippen LogP contribution in [0.3, 0.4) is 0 Å². The molecule has 0 aromatic heterocycles. The van der Waals surface area contributed by atoms with Crippen molar-refractivity contribution in [1.82, 2.24) is 4.90 Å². The number of carbonyl (C=O) groups is 2. The van der Waals surface area contributed by atoms with Crippen LogP contribution >= 0.6 is 11.6 Å². The Morgan fingerprint density at radius 1 is 0.833 bits per heavy atom. The van der Waals surface area contributed by atoms with E-state index < -0.39 is 0 Å². The van der Waals surface area contributed by atoms with Crippen LogP contribution < -0.4 is 10.6 Å². The van der Waals surface area contributed by atoms with Gasteiger partial charge >= 0.3 is 0 Å². The largest absolute Gasteiger partial charge is 0.326 e. The molecule has 3 aromatic rings. The zero-order valence-corrected chi connectivity index (χ0v) is 17.5. The van der Waals surface area contributed by atoms with Gasteiger partial charge in [0.05, 0.1) is 17.3 Å². The summed E-state index contributed by atoms with van der Waals surface area (Å²) >= 11 is 6.27. The maximum Gasteiger partial charge on any atom is 0.238 e. The number of amides is 2. The number of halogens is 1. The monoisotopic (exact) mass is 421 g/mol. The zero-order chi connectivity index (χ0) is 21.3. The van der Waals surface area contributed by atoms with Gasteiger partial charge in [-0.25, -0.2) is 0 Å². The second-order valence-corrected chi connectivity index (χ2v) is 7.45. The Bertz CT molecular complexity index is 952. The van der Waals surface area contributed by atoms with Crippen LogP contribution in [0, 0.1) is 0 Å². The summed E-state index contributed by atoms with van der Waals surface area (Å²) in [5.74, 6) is -0.337. The zero-order valence-electron chi connectivity index (χ0n) is 16.8. The predicted octanol–water partition coefficient (Wildman–Crippen LogP) is 4.94. The lowest BCUT2D eigenvalue weighted by Crippen LogP contribution is -2.32. The molecule has 154 valence electrons. The van der Waals surface area contributed by atoms with Crippen LogP contribution in [-0.4, -0.2) is 23.3 Å². The summed E-state index contributed by atoms with van der Waals surface area (Å²) < 4.78 is 0. The molecule has 0 radical (unpaired) electrons. The van der Waals surface area contributed by atoms with E-state index in [9.17, 15) is 9.59 Å². The fourth-order valence-electron chi connectivity index (χ4n) is 3.14. The number of rotatable bonds is 8. The maximum absolute atomic E-state index is 12.7. The summed E-state index contributed by atoms with van der Waals surface area (Å²) in [4.78, 5) is 26.0. The Morgan fingerprint density at radius 3 is 1.90 bits per heavy atom. The van der Waals surface area contributed by atoms with E-state index >= 15 is 0 Å². The first kappa shape index (κ1) is 21.6. The van der Waals surface area contributed by atoms with Gasteiger partial charge in [-0.05, 0) is 29.3 Å². The van der Waals surface area contributed by atoms with Crippen LogP contribution in [0.15, 0.2) is 78.9 Å². The van der Waals surface area contributed by atoms with E-state index in [4.69, 9.17) is 11.6 Å². The van der Waals surface area contributed by atoms with Gasteiger partial charge in [0.25, 0.3) is 0 Å². The first-order valence-electron chi connectivity index (χ1n) is 9.67. The smallest absolute Gasteiger partial charge is 0.238 e. The quantitative estimate of drug-likeness (QED) is 0.541. The highest BCUT2D eigenvalue weighted by molar-refractivity contribution is 6.34. The number of benzene rings is 3. The van der Waals surface area contributed by atoms with Crippen molar-refractivity contribution >= 4 is 34.8 Å². The molecule has 0 bridgehead atoms. The molecule has 0 heterocycles. The van der Waals surface area contributed by atoms with E-state index in [0.29, 0.717) is 29.5 Å². The average molecular weight is 422 g/mol. The second-order valence-electron chi connectivity index (χ2n) is 7.04. The highest BCUT2D eigenvalue weighted by Crippen LogP contribution is 2.25. The maximum atomic E-state index is 12.7. The van der Waals surface area contributed by atoms with Gasteiger partial charge in [0.1, 0.15) is 0 Å². The lowest BCUT2D eigenvalue weighted by Gasteiger charge is -2.22. The van der Waals surface area contributed by atoms with Crippen LogP contribution in [0.2, 0.25) is 5.02 Å². The fourth-order valence-corrected chi connectivity index (χ4v) is 3.37. The minimum atomic E-state index is -0.180. The van der Waals surface area contributed by atoms with Crippen LogP contribution in [0.4, 0.5) is 11.4 Å². The van der Waals surface area contributed by atoms with Gasteiger partial charge in [-0.1, -0.05) is 72.3 Å². The number of nitrogens with zero attached hydrogens (tertiary/aromatic N) is 1. The van der Waals surface area contributed by atoms with E-state index in [0.717, 1.165) is 11.1 Å². The van der Waals surface area contributed by atoms with Crippen molar-refractivity contribution in [2.75, 3.05) is 17.2 Å². The standard InChI is InChI=1S/C24H24ClN3O2/c1-18(29)26-21-12-13-23(22(25)14-21)27-24(30)17-28(15-19-8-4-2-5-9-19)16-20-10-6-3-7-11-20/h2-14H,15-17H2,1H3,(H,26,29)(H,27,30). The molecule has 0 fully saturated rings. The first-order valence-corrected chi connectivity index (χ1v) is 10.0. The summed E-state index contributed by atoms with van der Waals surface area (Å²) in [6.07, 6.45) is 0. The van der Waals surface area contributed by atoms with Crippen LogP contribution in [0.1, 0.15) is 18.1 Å². The van der Waals surface area contributed by atoms with E-state index in [1.807, 2.05) is 60.7 Å². The molecular formula is C24H24ClN3O2. The summed E-state index contributed by atoms with van der Waals surface area (Å²) in [6.45, 7) is 2.95. The number of hydrogen-bond acceptors (Lipinski definition) is 3. The molecule has 0 aliphatic rings. The lowest BCUT2D eigenvalue weighted by atomic mass is 10.1. The molecule has 2 N–H and O–H groups in total. The van der Waals surface area contributed by atoms with E-state index in [1.165, 1.54) is 6.92 Å². The van der Waals surface area contributed by atoms with Gasteiger partial charge in [0.15, 0.2) is 0 Å². The number of hydrogen-bond donors (Lipinski definition) is 2. The van der Waals surface area contributed by atoms with Crippen molar-refractivity contribution in [1.29, 1.82) is 0 Å². The van der Waals surface area contributed by atoms with E-state index in [1.54, 1.807) is 18.2 Å². The third-order valence-electron chi connectivity index (χ3n) is 4.43. The molecule has 0 aliphatic carbocycles. The molecule has 0 unspecified atom stereocenters. The molecule has 0 spiro atoms. The summed E-state index contributed by atoms with van der Waals surface area (Å²) in [5.41, 5.74) is 3.37. The average Bonchev–Trinajstić information content (AvgIpc) is 2.71. The molecule has 6 heteroatoms. The van der Waals surface area contributed by atoms with Crippen molar-refractivity contribution in [2.24, 2.45) is 0 Å². The number of anilines is 2. The summed E-state index contributed by atoms with van der Waals surface area (Å²) in [7, 11) is 0. The van der Waals surface area contributed by atoms with E-state index in [-0.39, 0.29) is 18.4 Å². The molecule has 30 heavy (non-hydrogen) atoms. The molecule has 0 atom stereocenters. The Kier molecular flexibility index (Phi) is 7.60. The van der Waals surface area contributed by atoms with Crippen molar-refractivity contribution in [3.63, 3.8) is 0 Å². The number of nitrogens with one attached hydrogen (secondary N) is 2. The van der Waals surface area contributed by atoms with Gasteiger partial charge < -0.3 is 10.6 Å².